The van der Waals surface area contributed by atoms with Crippen LogP contribution in [-0.4, -0.2) is 36.3 Å². The van der Waals surface area contributed by atoms with Crippen LogP contribution in [0.1, 0.15) is 0 Å². The van der Waals surface area contributed by atoms with Gasteiger partial charge in [0.15, 0.2) is 5.69 Å². The number of carbonyl (C=O) groups is 1. The summed E-state index contributed by atoms with van der Waals surface area (Å²) in [4.78, 5) is 20.6. The van der Waals surface area contributed by atoms with Crippen LogP contribution in [0.2, 0.25) is 0 Å². The fourth-order valence-electron chi connectivity index (χ4n) is 1.49. The van der Waals surface area contributed by atoms with Crippen molar-refractivity contribution in [2.45, 2.75) is 0 Å². The molecule has 0 aliphatic rings. The zero-order chi connectivity index (χ0) is 15.0. The summed E-state index contributed by atoms with van der Waals surface area (Å²) in [6, 6.07) is 4.53. The molecule has 0 spiro atoms. The zero-order valence-corrected chi connectivity index (χ0v) is 10.8. The number of rotatable bonds is 7. The molecule has 1 rings (SSSR count). The van der Waals surface area contributed by atoms with E-state index < -0.39 is 11.0 Å². The van der Waals surface area contributed by atoms with E-state index in [-0.39, 0.29) is 17.9 Å². The summed E-state index contributed by atoms with van der Waals surface area (Å²) >= 11 is 0. The normalized spacial score (nSPS) is 10.2. The molecule has 0 aliphatic carbocycles. The van der Waals surface area contributed by atoms with Gasteiger partial charge in [-0.25, -0.2) is 4.79 Å². The molecule has 0 saturated carbocycles. The summed E-state index contributed by atoms with van der Waals surface area (Å²) in [5, 5.41) is 24.3. The van der Waals surface area contributed by atoms with Gasteiger partial charge in [0.2, 0.25) is 0 Å². The first-order valence-corrected chi connectivity index (χ1v) is 5.73. The second-order valence-electron chi connectivity index (χ2n) is 3.65. The van der Waals surface area contributed by atoms with Crippen LogP contribution in [0.15, 0.2) is 30.4 Å². The van der Waals surface area contributed by atoms with E-state index in [9.17, 15) is 14.9 Å². The number of methoxy groups -OCH3 is 1. The number of para-hydroxylation sites is 1. The predicted molar refractivity (Wildman–Crippen MR) is 73.3 cm³/mol. The number of nitrogens with one attached hydrogen (secondary N) is 2. The lowest BCUT2D eigenvalue weighted by atomic mass is 10.2. The number of nitro groups is 1. The molecule has 0 aliphatic heterocycles. The standard InChI is InChI=1S/C12H15N3O5/c1-20-10-6-4-5-9(15(18)19)11(10)13-7-2-3-8-14-12(16)17/h2-6,13-14H,7-8H2,1H3,(H,16,17). The van der Waals surface area contributed by atoms with Crippen LogP contribution in [0, 0.1) is 10.1 Å². The van der Waals surface area contributed by atoms with Gasteiger partial charge in [-0.15, -0.1) is 0 Å². The second-order valence-corrected chi connectivity index (χ2v) is 3.65. The first kappa shape index (κ1) is 15.3. The maximum absolute atomic E-state index is 10.9. The lowest BCUT2D eigenvalue weighted by Gasteiger charge is -2.09. The van der Waals surface area contributed by atoms with Crippen molar-refractivity contribution in [2.24, 2.45) is 0 Å². The molecule has 8 heteroatoms. The van der Waals surface area contributed by atoms with Crippen molar-refractivity contribution < 1.29 is 19.6 Å². The molecular formula is C12H15N3O5. The molecule has 0 fully saturated rings. The molecule has 1 aromatic rings. The van der Waals surface area contributed by atoms with Crippen LogP contribution in [-0.2, 0) is 0 Å². The first-order valence-electron chi connectivity index (χ1n) is 5.73. The number of amides is 1. The number of ether oxygens (including phenoxy) is 1. The van der Waals surface area contributed by atoms with Gasteiger partial charge < -0.3 is 20.5 Å². The minimum atomic E-state index is -1.11. The van der Waals surface area contributed by atoms with Gasteiger partial charge in [-0.1, -0.05) is 18.2 Å². The highest BCUT2D eigenvalue weighted by Crippen LogP contribution is 2.33. The molecule has 0 saturated heterocycles. The third kappa shape index (κ3) is 4.48. The lowest BCUT2D eigenvalue weighted by Crippen LogP contribution is -2.20. The molecule has 0 atom stereocenters. The molecule has 1 aromatic carbocycles. The van der Waals surface area contributed by atoms with E-state index >= 15 is 0 Å². The summed E-state index contributed by atoms with van der Waals surface area (Å²) < 4.78 is 5.06. The van der Waals surface area contributed by atoms with Crippen molar-refractivity contribution in [3.63, 3.8) is 0 Å². The lowest BCUT2D eigenvalue weighted by molar-refractivity contribution is -0.384. The molecule has 108 valence electrons. The van der Waals surface area contributed by atoms with Gasteiger partial charge in [0.25, 0.3) is 5.69 Å². The zero-order valence-electron chi connectivity index (χ0n) is 10.8. The summed E-state index contributed by atoms with van der Waals surface area (Å²) in [7, 11) is 1.43. The predicted octanol–water partition coefficient (Wildman–Crippen LogP) is 1.84. The Morgan fingerprint density at radius 2 is 2.15 bits per heavy atom. The fraction of sp³-hybridized carbons (Fsp3) is 0.250. The van der Waals surface area contributed by atoms with Crippen LogP contribution >= 0.6 is 0 Å². The largest absolute Gasteiger partial charge is 0.494 e. The number of anilines is 1. The monoisotopic (exact) mass is 281 g/mol. The van der Waals surface area contributed by atoms with Crippen molar-refractivity contribution in [1.29, 1.82) is 0 Å². The van der Waals surface area contributed by atoms with E-state index in [0.29, 0.717) is 12.3 Å². The minimum absolute atomic E-state index is 0.0820. The smallest absolute Gasteiger partial charge is 0.404 e. The Labute approximate surface area is 115 Å². The van der Waals surface area contributed by atoms with Crippen molar-refractivity contribution in [3.05, 3.63) is 40.5 Å². The van der Waals surface area contributed by atoms with Crippen molar-refractivity contribution >= 4 is 17.5 Å². The number of hydrogen-bond acceptors (Lipinski definition) is 5. The van der Waals surface area contributed by atoms with Crippen LogP contribution in [0.25, 0.3) is 0 Å². The topological polar surface area (TPSA) is 114 Å². The number of nitrogens with zero attached hydrogens (tertiary/aromatic N) is 1. The Kier molecular flexibility index (Phi) is 5.82. The third-order valence-corrected chi connectivity index (χ3v) is 2.36. The molecular weight excluding hydrogens is 266 g/mol. The molecule has 3 N–H and O–H groups in total. The maximum Gasteiger partial charge on any atom is 0.404 e. The molecule has 0 heterocycles. The average Bonchev–Trinajstić information content (AvgIpc) is 2.41. The molecule has 0 radical (unpaired) electrons. The molecule has 0 unspecified atom stereocenters. The van der Waals surface area contributed by atoms with Crippen LogP contribution < -0.4 is 15.4 Å². The van der Waals surface area contributed by atoms with Gasteiger partial charge in [0, 0.05) is 19.2 Å². The maximum atomic E-state index is 10.9. The highest BCUT2D eigenvalue weighted by atomic mass is 16.6. The van der Waals surface area contributed by atoms with Gasteiger partial charge in [-0.3, -0.25) is 10.1 Å². The van der Waals surface area contributed by atoms with E-state index in [1.165, 1.54) is 19.2 Å². The third-order valence-electron chi connectivity index (χ3n) is 2.36. The highest BCUT2D eigenvalue weighted by molar-refractivity contribution is 5.70. The van der Waals surface area contributed by atoms with E-state index in [1.807, 2.05) is 0 Å². The summed E-state index contributed by atoms with van der Waals surface area (Å²) in [6.45, 7) is 0.480. The van der Waals surface area contributed by atoms with Crippen LogP contribution in [0.4, 0.5) is 16.2 Å². The van der Waals surface area contributed by atoms with E-state index in [1.54, 1.807) is 18.2 Å². The average molecular weight is 281 g/mol. The number of benzene rings is 1. The molecule has 8 nitrogen and oxygen atoms in total. The van der Waals surface area contributed by atoms with Crippen LogP contribution in [0.5, 0.6) is 5.75 Å². The van der Waals surface area contributed by atoms with Gasteiger partial charge in [0.05, 0.1) is 12.0 Å². The Hall–Kier alpha value is -2.77. The van der Waals surface area contributed by atoms with Gasteiger partial charge in [0.1, 0.15) is 5.75 Å². The van der Waals surface area contributed by atoms with Crippen molar-refractivity contribution in [1.82, 2.24) is 5.32 Å². The Morgan fingerprint density at radius 1 is 1.45 bits per heavy atom. The fourth-order valence-corrected chi connectivity index (χ4v) is 1.49. The second kappa shape index (κ2) is 7.62. The molecule has 0 bridgehead atoms. The molecule has 0 aromatic heterocycles. The van der Waals surface area contributed by atoms with Crippen LogP contribution in [0.3, 0.4) is 0 Å². The quantitative estimate of drug-likeness (QED) is 0.399. The summed E-state index contributed by atoms with van der Waals surface area (Å²) in [6.07, 6.45) is 2.15. The van der Waals surface area contributed by atoms with Crippen molar-refractivity contribution in [3.8, 4) is 5.75 Å². The minimum Gasteiger partial charge on any atom is -0.494 e. The highest BCUT2D eigenvalue weighted by Gasteiger charge is 2.17. The summed E-state index contributed by atoms with van der Waals surface area (Å²) in [5.41, 5.74) is 0.206. The molecule has 20 heavy (non-hydrogen) atoms. The van der Waals surface area contributed by atoms with Gasteiger partial charge in [-0.05, 0) is 6.07 Å². The Morgan fingerprint density at radius 3 is 2.75 bits per heavy atom. The Balaban J connectivity index is 2.67. The van der Waals surface area contributed by atoms with Crippen molar-refractivity contribution in [2.75, 3.05) is 25.5 Å². The molecule has 1 amide bonds. The number of nitro benzene ring substituents is 1. The van der Waals surface area contributed by atoms with Gasteiger partial charge >= 0.3 is 6.09 Å². The number of hydrogen-bond donors (Lipinski definition) is 3. The van der Waals surface area contributed by atoms with Gasteiger partial charge in [-0.2, -0.15) is 0 Å². The van der Waals surface area contributed by atoms with E-state index in [0.717, 1.165) is 0 Å². The number of carboxylic acid groups (broad SMARTS) is 1. The SMILES string of the molecule is COc1cccc([N+](=O)[O-])c1NCC=CCNC(=O)O. The van der Waals surface area contributed by atoms with E-state index in [2.05, 4.69) is 10.6 Å². The Bertz CT molecular complexity index is 516. The summed E-state index contributed by atoms with van der Waals surface area (Å²) in [5.74, 6) is 0.372. The first-order chi connectivity index (χ1) is 9.56. The van der Waals surface area contributed by atoms with E-state index in [4.69, 9.17) is 9.84 Å².